The van der Waals surface area contributed by atoms with Gasteiger partial charge in [-0.2, -0.15) is 0 Å². The summed E-state index contributed by atoms with van der Waals surface area (Å²) >= 11 is 1.29. The summed E-state index contributed by atoms with van der Waals surface area (Å²) in [4.78, 5) is 41.8. The summed E-state index contributed by atoms with van der Waals surface area (Å²) in [5, 5.41) is 1.79. The lowest BCUT2D eigenvalue weighted by Gasteiger charge is -2.29. The van der Waals surface area contributed by atoms with Crippen LogP contribution in [-0.4, -0.2) is 21.6 Å². The second-order valence-electron chi connectivity index (χ2n) is 8.19. The van der Waals surface area contributed by atoms with Crippen LogP contribution in [0.4, 0.5) is 5.69 Å². The second-order valence-corrected chi connectivity index (χ2v) is 9.11. The molecule has 0 unspecified atom stereocenters. The molecule has 3 heterocycles. The fourth-order valence-corrected chi connectivity index (χ4v) is 5.17. The molecule has 1 aliphatic heterocycles. The van der Waals surface area contributed by atoms with Crippen LogP contribution in [0.25, 0.3) is 15.9 Å². The van der Waals surface area contributed by atoms with Gasteiger partial charge in [-0.15, -0.1) is 11.3 Å². The lowest BCUT2D eigenvalue weighted by molar-refractivity contribution is -0.119. The van der Waals surface area contributed by atoms with Crippen LogP contribution in [-0.2, 0) is 17.8 Å². The lowest BCUT2D eigenvalue weighted by atomic mass is 10.0. The van der Waals surface area contributed by atoms with Crippen LogP contribution in [0.5, 0.6) is 0 Å². The number of aromatic nitrogens is 2. The number of para-hydroxylation sites is 1. The van der Waals surface area contributed by atoms with Gasteiger partial charge >= 0.3 is 5.69 Å². The molecule has 2 aromatic carbocycles. The van der Waals surface area contributed by atoms with Crippen LogP contribution in [0, 0.1) is 13.8 Å². The normalized spacial score (nSPS) is 13.4. The minimum absolute atomic E-state index is 0.120. The molecule has 0 N–H and O–H groups in total. The molecule has 6 nitrogen and oxygen atoms in total. The smallest absolute Gasteiger partial charge is 0.311 e. The van der Waals surface area contributed by atoms with Crippen LogP contribution in [0.3, 0.4) is 0 Å². The standard InChI is InChI=1S/C25H23N3O3S/c1-16-9-10-19(14-17(16)2)28-24(30)23-21(11-13-32-23)27(25(28)31)15-22(29)26-12-5-7-18-6-3-4-8-20(18)26/h3-4,6,8-11,13-14H,5,7,12,15H2,1-2H3. The number of nitrogens with zero attached hydrogens (tertiary/aromatic N) is 3. The molecule has 2 aromatic heterocycles. The molecule has 0 bridgehead atoms. The van der Waals surface area contributed by atoms with Crippen molar-refractivity contribution in [2.75, 3.05) is 11.4 Å². The Kier molecular flexibility index (Phi) is 5.06. The summed E-state index contributed by atoms with van der Waals surface area (Å²) in [6.07, 6.45) is 1.82. The fourth-order valence-electron chi connectivity index (χ4n) is 4.35. The minimum atomic E-state index is -0.497. The molecule has 0 fully saturated rings. The van der Waals surface area contributed by atoms with E-state index in [-0.39, 0.29) is 18.0 Å². The number of fused-ring (bicyclic) bond motifs is 2. The zero-order valence-corrected chi connectivity index (χ0v) is 18.8. The molecular weight excluding hydrogens is 422 g/mol. The summed E-state index contributed by atoms with van der Waals surface area (Å²) in [6, 6.07) is 15.1. The van der Waals surface area contributed by atoms with E-state index in [0.29, 0.717) is 22.4 Å². The van der Waals surface area contributed by atoms with Crippen molar-refractivity contribution in [3.63, 3.8) is 0 Å². The van der Waals surface area contributed by atoms with Gasteiger partial charge in [0.05, 0.1) is 11.2 Å². The molecular formula is C25H23N3O3S. The third-order valence-corrected chi connectivity index (χ3v) is 7.10. The van der Waals surface area contributed by atoms with Gasteiger partial charge in [-0.1, -0.05) is 24.3 Å². The largest absolute Gasteiger partial charge is 0.336 e. The van der Waals surface area contributed by atoms with E-state index in [4.69, 9.17) is 0 Å². The highest BCUT2D eigenvalue weighted by atomic mass is 32.1. The Hall–Kier alpha value is -3.45. The number of rotatable bonds is 3. The van der Waals surface area contributed by atoms with E-state index in [2.05, 4.69) is 0 Å². The monoisotopic (exact) mass is 445 g/mol. The van der Waals surface area contributed by atoms with Crippen LogP contribution in [0.2, 0.25) is 0 Å². The molecule has 0 spiro atoms. The van der Waals surface area contributed by atoms with Crippen LogP contribution < -0.4 is 16.1 Å². The van der Waals surface area contributed by atoms with E-state index in [1.807, 2.05) is 50.2 Å². The van der Waals surface area contributed by atoms with Crippen molar-refractivity contribution in [2.24, 2.45) is 0 Å². The fraction of sp³-hybridized carbons (Fsp3) is 0.240. The second kappa shape index (κ2) is 7.91. The van der Waals surface area contributed by atoms with Gasteiger partial charge in [-0.05, 0) is 73.0 Å². The first kappa shape index (κ1) is 20.5. The Balaban J connectivity index is 1.63. The molecule has 0 saturated carbocycles. The van der Waals surface area contributed by atoms with E-state index in [9.17, 15) is 14.4 Å². The molecule has 0 saturated heterocycles. The number of thiophene rings is 1. The van der Waals surface area contributed by atoms with Crippen LogP contribution in [0.15, 0.2) is 63.5 Å². The molecule has 4 aromatic rings. The maximum absolute atomic E-state index is 13.5. The molecule has 1 aliphatic rings. The predicted octanol–water partition coefficient (Wildman–Crippen LogP) is 3.81. The first-order chi connectivity index (χ1) is 15.5. The summed E-state index contributed by atoms with van der Waals surface area (Å²) < 4.78 is 3.08. The quantitative estimate of drug-likeness (QED) is 0.482. The molecule has 32 heavy (non-hydrogen) atoms. The Morgan fingerprint density at radius 3 is 2.66 bits per heavy atom. The van der Waals surface area contributed by atoms with Crippen molar-refractivity contribution in [3.05, 3.63) is 91.4 Å². The van der Waals surface area contributed by atoms with Gasteiger partial charge in [-0.3, -0.25) is 14.2 Å². The average molecular weight is 446 g/mol. The van der Waals surface area contributed by atoms with Gasteiger partial charge in [0, 0.05) is 12.2 Å². The van der Waals surface area contributed by atoms with Crippen molar-refractivity contribution < 1.29 is 4.79 Å². The van der Waals surface area contributed by atoms with E-state index in [1.54, 1.807) is 22.4 Å². The van der Waals surface area contributed by atoms with Gasteiger partial charge in [0.1, 0.15) is 11.2 Å². The molecule has 7 heteroatoms. The summed E-state index contributed by atoms with van der Waals surface area (Å²) in [5.74, 6) is -0.156. The molecule has 5 rings (SSSR count). The first-order valence-corrected chi connectivity index (χ1v) is 11.5. The number of carbonyl (C=O) groups is 1. The average Bonchev–Trinajstić information content (AvgIpc) is 3.29. The van der Waals surface area contributed by atoms with E-state index in [1.165, 1.54) is 20.5 Å². The van der Waals surface area contributed by atoms with E-state index < -0.39 is 5.69 Å². The Morgan fingerprint density at radius 1 is 1.03 bits per heavy atom. The molecule has 0 radical (unpaired) electrons. The number of hydrogen-bond donors (Lipinski definition) is 0. The number of carbonyl (C=O) groups excluding carboxylic acids is 1. The summed E-state index contributed by atoms with van der Waals surface area (Å²) in [6.45, 7) is 4.43. The third-order valence-electron chi connectivity index (χ3n) is 6.21. The number of anilines is 1. The maximum Gasteiger partial charge on any atom is 0.336 e. The Bertz CT molecular complexity index is 1480. The van der Waals surface area contributed by atoms with Crippen molar-refractivity contribution in [1.29, 1.82) is 0 Å². The van der Waals surface area contributed by atoms with Crippen molar-refractivity contribution in [2.45, 2.75) is 33.2 Å². The van der Waals surface area contributed by atoms with Gasteiger partial charge in [0.2, 0.25) is 5.91 Å². The van der Waals surface area contributed by atoms with Gasteiger partial charge in [0.15, 0.2) is 0 Å². The van der Waals surface area contributed by atoms with Crippen LogP contribution >= 0.6 is 11.3 Å². The number of benzene rings is 2. The maximum atomic E-state index is 13.5. The highest BCUT2D eigenvalue weighted by Gasteiger charge is 2.24. The topological polar surface area (TPSA) is 64.3 Å². The predicted molar refractivity (Wildman–Crippen MR) is 128 cm³/mol. The Labute approximate surface area is 189 Å². The van der Waals surface area contributed by atoms with Crippen LogP contribution in [0.1, 0.15) is 23.1 Å². The molecule has 0 aliphatic carbocycles. The number of amides is 1. The highest BCUT2D eigenvalue weighted by molar-refractivity contribution is 7.17. The van der Waals surface area contributed by atoms with E-state index >= 15 is 0 Å². The molecule has 0 atom stereocenters. The highest BCUT2D eigenvalue weighted by Crippen LogP contribution is 2.27. The lowest BCUT2D eigenvalue weighted by Crippen LogP contribution is -2.43. The van der Waals surface area contributed by atoms with Gasteiger partial charge < -0.3 is 4.90 Å². The summed E-state index contributed by atoms with van der Waals surface area (Å²) in [5.41, 5.74) is 4.29. The zero-order valence-electron chi connectivity index (χ0n) is 18.0. The molecule has 162 valence electrons. The number of hydrogen-bond acceptors (Lipinski definition) is 4. The SMILES string of the molecule is Cc1ccc(-n2c(=O)c3sccc3n(CC(=O)N3CCCc4ccccc43)c2=O)cc1C. The first-order valence-electron chi connectivity index (χ1n) is 10.6. The van der Waals surface area contributed by atoms with Crippen molar-refractivity contribution in [1.82, 2.24) is 9.13 Å². The Morgan fingerprint density at radius 2 is 1.84 bits per heavy atom. The molecule has 1 amide bonds. The summed E-state index contributed by atoms with van der Waals surface area (Å²) in [7, 11) is 0. The number of aryl methyl sites for hydroxylation is 3. The van der Waals surface area contributed by atoms with Gasteiger partial charge in [-0.25, -0.2) is 9.36 Å². The van der Waals surface area contributed by atoms with Gasteiger partial charge in [0.25, 0.3) is 5.56 Å². The van der Waals surface area contributed by atoms with Crippen molar-refractivity contribution >= 4 is 33.1 Å². The zero-order chi connectivity index (χ0) is 22.4. The minimum Gasteiger partial charge on any atom is -0.311 e. The third kappa shape index (κ3) is 3.29. The van der Waals surface area contributed by atoms with Crippen molar-refractivity contribution in [3.8, 4) is 5.69 Å². The van der Waals surface area contributed by atoms with E-state index in [0.717, 1.165) is 35.2 Å².